The van der Waals surface area contributed by atoms with E-state index >= 15 is 0 Å². The van der Waals surface area contributed by atoms with Crippen molar-refractivity contribution in [1.82, 2.24) is 0 Å². The van der Waals surface area contributed by atoms with Gasteiger partial charge in [0.25, 0.3) is 0 Å². The Balaban J connectivity index is 2.67. The molecular weight excluding hydrogens is 259 g/mol. The van der Waals surface area contributed by atoms with Crippen molar-refractivity contribution in [2.45, 2.75) is 38.4 Å². The maximum absolute atomic E-state index is 10.1. The van der Waals surface area contributed by atoms with Gasteiger partial charge in [0.15, 0.2) is 0 Å². The zero-order valence-corrected chi connectivity index (χ0v) is 11.8. The first-order valence-corrected chi connectivity index (χ1v) is 6.29. The van der Waals surface area contributed by atoms with E-state index in [1.165, 1.54) is 0 Å². The lowest BCUT2D eigenvalue weighted by atomic mass is 9.97. The first kappa shape index (κ1) is 14.8. The lowest BCUT2D eigenvalue weighted by Crippen LogP contribution is -2.23. The summed E-state index contributed by atoms with van der Waals surface area (Å²) >= 11 is 11.8. The number of rotatable bonds is 5. The molecule has 1 aromatic carbocycles. The average Bonchev–Trinajstić information content (AvgIpc) is 2.24. The second-order valence-electron chi connectivity index (χ2n) is 4.72. The number of aliphatic hydroxyl groups excluding tert-OH is 1. The van der Waals surface area contributed by atoms with Gasteiger partial charge in [0.1, 0.15) is 0 Å². The van der Waals surface area contributed by atoms with Gasteiger partial charge in [-0.25, -0.2) is 0 Å². The molecule has 0 aromatic heterocycles. The highest BCUT2D eigenvalue weighted by Crippen LogP contribution is 2.28. The molecule has 0 heterocycles. The summed E-state index contributed by atoms with van der Waals surface area (Å²) in [6.45, 7) is 3.98. The molecule has 17 heavy (non-hydrogen) atoms. The van der Waals surface area contributed by atoms with E-state index in [0.29, 0.717) is 16.5 Å². The van der Waals surface area contributed by atoms with Crippen molar-refractivity contribution < 1.29 is 9.84 Å². The molecule has 0 radical (unpaired) electrons. The van der Waals surface area contributed by atoms with Gasteiger partial charge in [-0.1, -0.05) is 23.2 Å². The van der Waals surface area contributed by atoms with Crippen LogP contribution in [-0.2, 0) is 4.74 Å². The molecule has 0 amide bonds. The molecule has 1 aromatic rings. The quantitative estimate of drug-likeness (QED) is 0.872. The monoisotopic (exact) mass is 276 g/mol. The van der Waals surface area contributed by atoms with Crippen LogP contribution in [0, 0.1) is 0 Å². The highest BCUT2D eigenvalue weighted by Gasteiger charge is 2.19. The van der Waals surface area contributed by atoms with Gasteiger partial charge in [-0.15, -0.1) is 0 Å². The number of aliphatic hydroxyl groups is 1. The van der Waals surface area contributed by atoms with E-state index in [1.807, 2.05) is 13.8 Å². The predicted molar refractivity (Wildman–Crippen MR) is 71.7 cm³/mol. The van der Waals surface area contributed by atoms with Gasteiger partial charge >= 0.3 is 0 Å². The van der Waals surface area contributed by atoms with Crippen LogP contribution in [0.1, 0.15) is 38.4 Å². The van der Waals surface area contributed by atoms with Gasteiger partial charge in [-0.2, -0.15) is 0 Å². The van der Waals surface area contributed by atoms with Crippen LogP contribution in [0.2, 0.25) is 10.0 Å². The van der Waals surface area contributed by atoms with Crippen molar-refractivity contribution in [2.24, 2.45) is 0 Å². The van der Waals surface area contributed by atoms with Crippen LogP contribution in [0.3, 0.4) is 0 Å². The molecule has 1 atom stereocenters. The Kier molecular flexibility index (Phi) is 5.26. The average molecular weight is 277 g/mol. The summed E-state index contributed by atoms with van der Waals surface area (Å²) in [5.41, 5.74) is 0.512. The minimum Gasteiger partial charge on any atom is -0.388 e. The second-order valence-corrected chi connectivity index (χ2v) is 5.59. The van der Waals surface area contributed by atoms with Crippen LogP contribution in [0.15, 0.2) is 18.2 Å². The summed E-state index contributed by atoms with van der Waals surface area (Å²) in [6.07, 6.45) is 0.799. The lowest BCUT2D eigenvalue weighted by molar-refractivity contribution is 0.00279. The number of halogens is 2. The molecule has 0 saturated carbocycles. The Hall–Kier alpha value is -0.280. The molecule has 96 valence electrons. The van der Waals surface area contributed by atoms with Gasteiger partial charge in [-0.3, -0.25) is 0 Å². The molecule has 0 spiro atoms. The predicted octanol–water partition coefficient (Wildman–Crippen LogP) is 4.23. The summed E-state index contributed by atoms with van der Waals surface area (Å²) in [5.74, 6) is 0. The molecule has 0 aliphatic carbocycles. The Labute approximate surface area is 113 Å². The molecule has 0 aliphatic rings. The van der Waals surface area contributed by atoms with Crippen molar-refractivity contribution >= 4 is 23.2 Å². The van der Waals surface area contributed by atoms with Crippen LogP contribution >= 0.6 is 23.2 Å². The molecule has 2 nitrogen and oxygen atoms in total. The Morgan fingerprint density at radius 1 is 1.24 bits per heavy atom. The van der Waals surface area contributed by atoms with Crippen LogP contribution in [-0.4, -0.2) is 17.8 Å². The fraction of sp³-hybridized carbons (Fsp3) is 0.538. The fourth-order valence-electron chi connectivity index (χ4n) is 1.52. The third-order valence-electron chi connectivity index (χ3n) is 2.84. The summed E-state index contributed by atoms with van der Waals surface area (Å²) in [4.78, 5) is 0. The van der Waals surface area contributed by atoms with E-state index in [9.17, 15) is 5.11 Å². The zero-order chi connectivity index (χ0) is 13.1. The first-order valence-electron chi connectivity index (χ1n) is 5.53. The number of ether oxygens (including phenoxy) is 1. The number of hydrogen-bond donors (Lipinski definition) is 1. The Morgan fingerprint density at radius 2 is 1.76 bits per heavy atom. The van der Waals surface area contributed by atoms with Crippen molar-refractivity contribution in [3.8, 4) is 0 Å². The number of benzene rings is 1. The van der Waals surface area contributed by atoms with Gasteiger partial charge < -0.3 is 9.84 Å². The van der Waals surface area contributed by atoms with Crippen molar-refractivity contribution in [3.05, 3.63) is 33.8 Å². The second kappa shape index (κ2) is 6.05. The van der Waals surface area contributed by atoms with Gasteiger partial charge in [0.2, 0.25) is 0 Å². The molecule has 4 heteroatoms. The molecule has 0 bridgehead atoms. The van der Waals surface area contributed by atoms with Crippen molar-refractivity contribution in [2.75, 3.05) is 7.11 Å². The third kappa shape index (κ3) is 4.84. The summed E-state index contributed by atoms with van der Waals surface area (Å²) in [6, 6.07) is 5.12. The van der Waals surface area contributed by atoms with E-state index in [4.69, 9.17) is 27.9 Å². The minimum atomic E-state index is -0.569. The molecular formula is C13H18Cl2O2. The topological polar surface area (TPSA) is 29.5 Å². The molecule has 0 aliphatic heterocycles. The summed E-state index contributed by atoms with van der Waals surface area (Å²) < 4.78 is 5.31. The molecule has 1 rings (SSSR count). The Morgan fingerprint density at radius 3 is 2.24 bits per heavy atom. The van der Waals surface area contributed by atoms with Gasteiger partial charge in [0.05, 0.1) is 11.7 Å². The summed E-state index contributed by atoms with van der Waals surface area (Å²) in [7, 11) is 1.67. The van der Waals surface area contributed by atoms with Crippen LogP contribution in [0.25, 0.3) is 0 Å². The maximum atomic E-state index is 10.1. The zero-order valence-electron chi connectivity index (χ0n) is 10.3. The van der Waals surface area contributed by atoms with Crippen molar-refractivity contribution in [1.29, 1.82) is 0 Å². The minimum absolute atomic E-state index is 0.233. The van der Waals surface area contributed by atoms with Crippen LogP contribution < -0.4 is 0 Å². The maximum Gasteiger partial charge on any atom is 0.0792 e. The van der Waals surface area contributed by atoms with E-state index in [-0.39, 0.29) is 5.60 Å². The lowest BCUT2D eigenvalue weighted by Gasteiger charge is -2.24. The fourth-order valence-corrected chi connectivity index (χ4v) is 2.06. The molecule has 1 N–H and O–H groups in total. The van der Waals surface area contributed by atoms with E-state index < -0.39 is 6.10 Å². The SMILES string of the molecule is COC(C)(C)CCC(O)c1cc(Cl)cc(Cl)c1. The van der Waals surface area contributed by atoms with E-state index in [0.717, 1.165) is 12.0 Å². The molecule has 0 fully saturated rings. The standard InChI is InChI=1S/C13H18Cl2O2/c1-13(2,17-3)5-4-12(16)9-6-10(14)8-11(15)7-9/h6-8,12,16H,4-5H2,1-3H3. The number of methoxy groups -OCH3 is 1. The third-order valence-corrected chi connectivity index (χ3v) is 3.28. The Bertz CT molecular complexity index is 357. The highest BCUT2D eigenvalue weighted by molar-refractivity contribution is 6.34. The van der Waals surface area contributed by atoms with Gasteiger partial charge in [-0.05, 0) is 50.5 Å². The summed E-state index contributed by atoms with van der Waals surface area (Å²) in [5, 5.41) is 11.1. The largest absolute Gasteiger partial charge is 0.388 e. The van der Waals surface area contributed by atoms with E-state index in [1.54, 1.807) is 25.3 Å². The highest BCUT2D eigenvalue weighted by atomic mass is 35.5. The first-order chi connectivity index (χ1) is 7.84. The smallest absolute Gasteiger partial charge is 0.0792 e. The normalized spacial score (nSPS) is 13.8. The molecule has 0 saturated heterocycles. The van der Waals surface area contributed by atoms with Gasteiger partial charge in [0, 0.05) is 17.2 Å². The number of hydrogen-bond acceptors (Lipinski definition) is 2. The van der Waals surface area contributed by atoms with Crippen molar-refractivity contribution in [3.63, 3.8) is 0 Å². The van der Waals surface area contributed by atoms with E-state index in [2.05, 4.69) is 0 Å². The van der Waals surface area contributed by atoms with Crippen LogP contribution in [0.4, 0.5) is 0 Å². The van der Waals surface area contributed by atoms with Crippen LogP contribution in [0.5, 0.6) is 0 Å². The molecule has 1 unspecified atom stereocenters.